The maximum atomic E-state index is 13.2. The molecule has 160 valence electrons. The van der Waals surface area contributed by atoms with Gasteiger partial charge in [0.1, 0.15) is 6.54 Å². The van der Waals surface area contributed by atoms with E-state index in [-0.39, 0.29) is 12.5 Å². The predicted molar refractivity (Wildman–Crippen MR) is 121 cm³/mol. The molecule has 0 aliphatic carbocycles. The number of hydrogen-bond acceptors (Lipinski definition) is 4. The van der Waals surface area contributed by atoms with E-state index in [1.54, 1.807) is 10.9 Å². The van der Waals surface area contributed by atoms with Crippen molar-refractivity contribution >= 4 is 16.9 Å². The van der Waals surface area contributed by atoms with Gasteiger partial charge >= 0.3 is 0 Å². The van der Waals surface area contributed by atoms with E-state index in [1.165, 1.54) is 0 Å². The molecule has 31 heavy (non-hydrogen) atoms. The van der Waals surface area contributed by atoms with Gasteiger partial charge in [0.2, 0.25) is 5.91 Å². The van der Waals surface area contributed by atoms with Crippen molar-refractivity contribution in [2.45, 2.75) is 47.3 Å². The highest BCUT2D eigenvalue weighted by Crippen LogP contribution is 2.29. The summed E-state index contributed by atoms with van der Waals surface area (Å²) in [4.78, 5) is 19.6. The zero-order valence-corrected chi connectivity index (χ0v) is 18.5. The van der Waals surface area contributed by atoms with Crippen LogP contribution in [0, 0.1) is 13.8 Å². The molecule has 0 saturated heterocycles. The molecule has 0 atom stereocenters. The monoisotopic (exact) mass is 416 g/mol. The minimum Gasteiger partial charge on any atom is -0.337 e. The van der Waals surface area contributed by atoms with E-state index in [0.29, 0.717) is 13.1 Å². The van der Waals surface area contributed by atoms with E-state index in [4.69, 9.17) is 0 Å². The van der Waals surface area contributed by atoms with Gasteiger partial charge in [-0.3, -0.25) is 9.48 Å². The lowest BCUT2D eigenvalue weighted by molar-refractivity contribution is -0.132. The van der Waals surface area contributed by atoms with Crippen molar-refractivity contribution in [3.05, 3.63) is 65.7 Å². The fourth-order valence-electron chi connectivity index (χ4n) is 3.94. The van der Waals surface area contributed by atoms with E-state index >= 15 is 0 Å². The molecule has 0 spiro atoms. The van der Waals surface area contributed by atoms with Crippen LogP contribution in [-0.4, -0.2) is 41.9 Å². The molecule has 1 aromatic carbocycles. The van der Waals surface area contributed by atoms with Gasteiger partial charge < -0.3 is 4.90 Å². The smallest absolute Gasteiger partial charge is 0.244 e. The van der Waals surface area contributed by atoms with Gasteiger partial charge in [-0.15, -0.1) is 0 Å². The van der Waals surface area contributed by atoms with Crippen molar-refractivity contribution in [1.82, 2.24) is 29.4 Å². The average Bonchev–Trinajstić information content (AvgIpc) is 3.31. The van der Waals surface area contributed by atoms with Crippen molar-refractivity contribution in [2.24, 2.45) is 0 Å². The molecule has 7 nitrogen and oxygen atoms in total. The number of benzene rings is 1. The molecule has 3 aromatic heterocycles. The van der Waals surface area contributed by atoms with Crippen LogP contribution in [-0.2, 0) is 24.4 Å². The minimum atomic E-state index is 0.0162. The summed E-state index contributed by atoms with van der Waals surface area (Å²) in [5.74, 6) is 0.0162. The van der Waals surface area contributed by atoms with Crippen molar-refractivity contribution in [3.63, 3.8) is 0 Å². The van der Waals surface area contributed by atoms with Crippen LogP contribution in [0.1, 0.15) is 30.8 Å². The number of aromatic nitrogens is 5. The molecule has 0 unspecified atom stereocenters. The van der Waals surface area contributed by atoms with Crippen LogP contribution in [0.15, 0.2) is 48.8 Å². The van der Waals surface area contributed by atoms with Crippen molar-refractivity contribution < 1.29 is 4.79 Å². The number of amides is 1. The quantitative estimate of drug-likeness (QED) is 0.457. The number of carbonyl (C=O) groups is 1. The van der Waals surface area contributed by atoms with Crippen LogP contribution in [0.3, 0.4) is 0 Å². The summed E-state index contributed by atoms with van der Waals surface area (Å²) in [5.41, 5.74) is 5.83. The molecular formula is C24H28N6O. The van der Waals surface area contributed by atoms with Gasteiger partial charge in [-0.25, -0.2) is 9.67 Å². The summed E-state index contributed by atoms with van der Waals surface area (Å²) in [7, 11) is 0. The molecule has 0 fully saturated rings. The Hall–Kier alpha value is -3.48. The van der Waals surface area contributed by atoms with Gasteiger partial charge in [0.05, 0.1) is 11.4 Å². The van der Waals surface area contributed by atoms with E-state index in [0.717, 1.165) is 45.7 Å². The van der Waals surface area contributed by atoms with Gasteiger partial charge in [-0.1, -0.05) is 30.3 Å². The Kier molecular flexibility index (Phi) is 5.84. The summed E-state index contributed by atoms with van der Waals surface area (Å²) < 4.78 is 3.63. The first kappa shape index (κ1) is 20.8. The molecule has 3 heterocycles. The number of pyridine rings is 1. The third-order valence-electron chi connectivity index (χ3n) is 5.65. The Labute approximate surface area is 182 Å². The fourth-order valence-corrected chi connectivity index (χ4v) is 3.94. The van der Waals surface area contributed by atoms with Gasteiger partial charge in [-0.2, -0.15) is 10.2 Å². The zero-order valence-electron chi connectivity index (χ0n) is 18.5. The zero-order chi connectivity index (χ0) is 22.0. The normalized spacial score (nSPS) is 11.2. The number of likely N-dealkylation sites (N-methyl/N-ethyl adjacent to an activating group) is 1. The molecule has 0 aliphatic rings. The van der Waals surface area contributed by atoms with Crippen molar-refractivity contribution in [3.8, 4) is 11.1 Å². The Balaban J connectivity index is 1.62. The lowest BCUT2D eigenvalue weighted by Gasteiger charge is -2.20. The van der Waals surface area contributed by atoms with Crippen LogP contribution >= 0.6 is 0 Å². The fraction of sp³-hybridized carbons (Fsp3) is 0.333. The SMILES string of the molecule is CCN(Cc1cn(CC)nc1C)C(=O)Cn1nc(C)c2c(-c3ccccc3)ccnc21. The van der Waals surface area contributed by atoms with Gasteiger partial charge in [-0.05, 0) is 44.9 Å². The first-order valence-electron chi connectivity index (χ1n) is 10.7. The molecule has 1 amide bonds. The van der Waals surface area contributed by atoms with Gasteiger partial charge in [0.25, 0.3) is 0 Å². The maximum Gasteiger partial charge on any atom is 0.244 e. The molecule has 0 aliphatic heterocycles. The summed E-state index contributed by atoms with van der Waals surface area (Å²) in [6, 6.07) is 12.2. The average molecular weight is 417 g/mol. The third-order valence-corrected chi connectivity index (χ3v) is 5.65. The highest BCUT2D eigenvalue weighted by atomic mass is 16.2. The second kappa shape index (κ2) is 8.71. The number of aryl methyl sites for hydroxylation is 3. The number of fused-ring (bicyclic) bond motifs is 1. The Morgan fingerprint density at radius 1 is 1.03 bits per heavy atom. The maximum absolute atomic E-state index is 13.2. The topological polar surface area (TPSA) is 68.8 Å². The van der Waals surface area contributed by atoms with Crippen LogP contribution in [0.5, 0.6) is 0 Å². The van der Waals surface area contributed by atoms with Crippen LogP contribution in [0.4, 0.5) is 0 Å². The lowest BCUT2D eigenvalue weighted by Crippen LogP contribution is -2.33. The van der Waals surface area contributed by atoms with Crippen LogP contribution in [0.2, 0.25) is 0 Å². The van der Waals surface area contributed by atoms with Crippen LogP contribution < -0.4 is 0 Å². The minimum absolute atomic E-state index is 0.0162. The number of nitrogens with zero attached hydrogens (tertiary/aromatic N) is 6. The summed E-state index contributed by atoms with van der Waals surface area (Å²) >= 11 is 0. The summed E-state index contributed by atoms with van der Waals surface area (Å²) in [5, 5.41) is 10.1. The third kappa shape index (κ3) is 4.08. The van der Waals surface area contributed by atoms with E-state index in [2.05, 4.69) is 34.2 Å². The second-order valence-electron chi connectivity index (χ2n) is 7.67. The van der Waals surface area contributed by atoms with Crippen molar-refractivity contribution in [1.29, 1.82) is 0 Å². The lowest BCUT2D eigenvalue weighted by atomic mass is 10.0. The summed E-state index contributed by atoms with van der Waals surface area (Å²) in [6.45, 7) is 10.1. The molecule has 4 aromatic rings. The van der Waals surface area contributed by atoms with Crippen molar-refractivity contribution in [2.75, 3.05) is 6.54 Å². The van der Waals surface area contributed by atoms with E-state index < -0.39 is 0 Å². The molecular weight excluding hydrogens is 388 g/mol. The number of carbonyl (C=O) groups excluding carboxylic acids is 1. The largest absolute Gasteiger partial charge is 0.337 e. The van der Waals surface area contributed by atoms with Gasteiger partial charge in [0, 0.05) is 43.0 Å². The first-order valence-corrected chi connectivity index (χ1v) is 10.7. The van der Waals surface area contributed by atoms with Gasteiger partial charge in [0.15, 0.2) is 5.65 Å². The highest BCUT2D eigenvalue weighted by Gasteiger charge is 2.19. The Bertz CT molecular complexity index is 1210. The molecule has 7 heteroatoms. The molecule has 0 N–H and O–H groups in total. The highest BCUT2D eigenvalue weighted by molar-refractivity contribution is 5.95. The number of rotatable bonds is 7. The second-order valence-corrected chi connectivity index (χ2v) is 7.67. The van der Waals surface area contributed by atoms with E-state index in [9.17, 15) is 4.79 Å². The first-order chi connectivity index (χ1) is 15.0. The molecule has 0 radical (unpaired) electrons. The Morgan fingerprint density at radius 2 is 1.81 bits per heavy atom. The molecule has 0 saturated carbocycles. The van der Waals surface area contributed by atoms with E-state index in [1.807, 2.05) is 60.8 Å². The molecule has 0 bridgehead atoms. The number of hydrogen-bond donors (Lipinski definition) is 0. The predicted octanol–water partition coefficient (Wildman–Crippen LogP) is 3.98. The van der Waals surface area contributed by atoms with Crippen LogP contribution in [0.25, 0.3) is 22.2 Å². The standard InChI is InChI=1S/C24H28N6O/c1-5-28(14-20-15-29(6-2)26-17(20)3)22(31)16-30-24-23(18(4)27-30)21(12-13-25-24)19-10-8-7-9-11-19/h7-13,15H,5-6,14,16H2,1-4H3. The Morgan fingerprint density at radius 3 is 2.48 bits per heavy atom. The molecule has 4 rings (SSSR count). The summed E-state index contributed by atoms with van der Waals surface area (Å²) in [6.07, 6.45) is 3.80.